The van der Waals surface area contributed by atoms with Gasteiger partial charge in [-0.1, -0.05) is 6.92 Å². The fourth-order valence-corrected chi connectivity index (χ4v) is 2.34. The van der Waals surface area contributed by atoms with Gasteiger partial charge < -0.3 is 14.5 Å². The van der Waals surface area contributed by atoms with Gasteiger partial charge in [-0.05, 0) is 51.9 Å². The van der Waals surface area contributed by atoms with Crippen molar-refractivity contribution in [2.75, 3.05) is 13.2 Å². The van der Waals surface area contributed by atoms with Crippen molar-refractivity contribution in [1.29, 1.82) is 0 Å². The molecule has 3 heteroatoms. The van der Waals surface area contributed by atoms with Gasteiger partial charge in [0.25, 0.3) is 0 Å². The summed E-state index contributed by atoms with van der Waals surface area (Å²) in [5.41, 5.74) is 2.13. The molecule has 0 amide bonds. The zero-order valence-electron chi connectivity index (χ0n) is 12.2. The first-order chi connectivity index (χ1) is 9.17. The minimum atomic E-state index is 0.239. The van der Waals surface area contributed by atoms with Gasteiger partial charge >= 0.3 is 0 Å². The van der Waals surface area contributed by atoms with Gasteiger partial charge in [-0.25, -0.2) is 0 Å². The number of benzene rings is 1. The van der Waals surface area contributed by atoms with E-state index in [-0.39, 0.29) is 6.04 Å². The zero-order chi connectivity index (χ0) is 13.8. The molecule has 19 heavy (non-hydrogen) atoms. The molecule has 104 valence electrons. The molecule has 0 aliphatic carbocycles. The molecule has 2 aromatic rings. The van der Waals surface area contributed by atoms with Crippen LogP contribution >= 0.6 is 0 Å². The van der Waals surface area contributed by atoms with E-state index in [4.69, 9.17) is 9.15 Å². The minimum absolute atomic E-state index is 0.239. The lowest BCUT2D eigenvalue weighted by Crippen LogP contribution is -2.19. The zero-order valence-corrected chi connectivity index (χ0v) is 12.2. The summed E-state index contributed by atoms with van der Waals surface area (Å²) in [7, 11) is 0. The molecule has 1 N–H and O–H groups in total. The Morgan fingerprint density at radius 3 is 2.79 bits per heavy atom. The topological polar surface area (TPSA) is 34.4 Å². The number of aryl methyl sites for hydroxylation is 1. The Balaban J connectivity index is 2.33. The molecule has 1 aromatic heterocycles. The van der Waals surface area contributed by atoms with Crippen LogP contribution in [0.4, 0.5) is 0 Å². The van der Waals surface area contributed by atoms with E-state index in [1.807, 2.05) is 19.1 Å². The van der Waals surface area contributed by atoms with Crippen LogP contribution in [-0.4, -0.2) is 13.2 Å². The molecular weight excluding hydrogens is 238 g/mol. The molecule has 0 fully saturated rings. The van der Waals surface area contributed by atoms with E-state index >= 15 is 0 Å². The molecule has 0 aliphatic heterocycles. The Bertz CT molecular complexity index is 545. The summed E-state index contributed by atoms with van der Waals surface area (Å²) < 4.78 is 11.5. The van der Waals surface area contributed by atoms with E-state index in [2.05, 4.69) is 32.2 Å². The number of ether oxygens (including phenoxy) is 1. The fraction of sp³-hybridized carbons (Fsp3) is 0.500. The van der Waals surface area contributed by atoms with E-state index in [9.17, 15) is 0 Å². The molecule has 0 spiro atoms. The third kappa shape index (κ3) is 2.92. The van der Waals surface area contributed by atoms with Crippen molar-refractivity contribution in [3.05, 3.63) is 29.5 Å². The maximum Gasteiger partial charge on any atom is 0.134 e. The number of nitrogens with one attached hydrogen (secondary N) is 1. The lowest BCUT2D eigenvalue weighted by Gasteiger charge is -2.11. The van der Waals surface area contributed by atoms with Crippen LogP contribution in [0.1, 0.15) is 44.6 Å². The largest absolute Gasteiger partial charge is 0.494 e. The number of rotatable bonds is 6. The molecule has 0 radical (unpaired) electrons. The molecule has 0 saturated carbocycles. The van der Waals surface area contributed by atoms with Gasteiger partial charge in [0.05, 0.1) is 12.6 Å². The van der Waals surface area contributed by atoms with E-state index in [0.717, 1.165) is 35.4 Å². The molecule has 1 atom stereocenters. The van der Waals surface area contributed by atoms with Crippen molar-refractivity contribution < 1.29 is 9.15 Å². The van der Waals surface area contributed by atoms with Gasteiger partial charge in [-0.3, -0.25) is 0 Å². The summed E-state index contributed by atoms with van der Waals surface area (Å²) in [6.45, 7) is 10.1. The lowest BCUT2D eigenvalue weighted by atomic mass is 10.1. The van der Waals surface area contributed by atoms with Gasteiger partial charge in [0.15, 0.2) is 0 Å². The molecule has 1 heterocycles. The third-order valence-electron chi connectivity index (χ3n) is 3.35. The Labute approximate surface area is 114 Å². The van der Waals surface area contributed by atoms with Crippen LogP contribution in [0.3, 0.4) is 0 Å². The van der Waals surface area contributed by atoms with Crippen LogP contribution in [0.5, 0.6) is 5.75 Å². The minimum Gasteiger partial charge on any atom is -0.494 e. The summed E-state index contributed by atoms with van der Waals surface area (Å²) in [6, 6.07) is 6.25. The first-order valence-electron chi connectivity index (χ1n) is 7.06. The van der Waals surface area contributed by atoms with Crippen LogP contribution in [-0.2, 0) is 0 Å². The maximum atomic E-state index is 5.97. The second-order valence-corrected chi connectivity index (χ2v) is 4.86. The van der Waals surface area contributed by atoms with Crippen molar-refractivity contribution in [2.24, 2.45) is 0 Å². The molecule has 2 rings (SSSR count). The Morgan fingerprint density at radius 2 is 2.11 bits per heavy atom. The normalized spacial score (nSPS) is 12.8. The van der Waals surface area contributed by atoms with Gasteiger partial charge in [0.1, 0.15) is 17.1 Å². The number of hydrogen-bond donors (Lipinski definition) is 1. The first-order valence-corrected chi connectivity index (χ1v) is 7.06. The molecule has 1 unspecified atom stereocenters. The van der Waals surface area contributed by atoms with Crippen molar-refractivity contribution in [2.45, 2.75) is 40.2 Å². The van der Waals surface area contributed by atoms with Crippen LogP contribution in [0.2, 0.25) is 0 Å². The van der Waals surface area contributed by atoms with E-state index in [1.165, 1.54) is 5.56 Å². The van der Waals surface area contributed by atoms with Gasteiger partial charge in [-0.15, -0.1) is 0 Å². The molecule has 3 nitrogen and oxygen atoms in total. The standard InChI is InChI=1S/C16H23NO2/c1-5-9-17-12(4)16-11(3)14-10-13(18-6-2)7-8-15(14)19-16/h7-8,10,12,17H,5-6,9H2,1-4H3. The summed E-state index contributed by atoms with van der Waals surface area (Å²) in [5, 5.41) is 4.61. The van der Waals surface area contributed by atoms with Crippen molar-refractivity contribution in [1.82, 2.24) is 5.32 Å². The van der Waals surface area contributed by atoms with Crippen LogP contribution in [0.15, 0.2) is 22.6 Å². The number of hydrogen-bond acceptors (Lipinski definition) is 3. The predicted octanol–water partition coefficient (Wildman–Crippen LogP) is 4.20. The second kappa shape index (κ2) is 6.11. The second-order valence-electron chi connectivity index (χ2n) is 4.86. The van der Waals surface area contributed by atoms with E-state index in [0.29, 0.717) is 6.61 Å². The summed E-state index contributed by atoms with van der Waals surface area (Å²) in [6.07, 6.45) is 1.12. The Kier molecular flexibility index (Phi) is 4.48. The van der Waals surface area contributed by atoms with Crippen molar-refractivity contribution >= 4 is 11.0 Å². The SMILES string of the molecule is CCCNC(C)c1oc2ccc(OCC)cc2c1C. The number of fused-ring (bicyclic) bond motifs is 1. The average Bonchev–Trinajstić information content (AvgIpc) is 2.74. The fourth-order valence-electron chi connectivity index (χ4n) is 2.34. The highest BCUT2D eigenvalue weighted by molar-refractivity contribution is 5.83. The van der Waals surface area contributed by atoms with Gasteiger partial charge in [-0.2, -0.15) is 0 Å². The monoisotopic (exact) mass is 261 g/mol. The summed E-state index contributed by atoms with van der Waals surface area (Å²) in [4.78, 5) is 0. The quantitative estimate of drug-likeness (QED) is 0.846. The molecule has 0 saturated heterocycles. The number of furan rings is 1. The summed E-state index contributed by atoms with van der Waals surface area (Å²) in [5.74, 6) is 1.93. The molecule has 0 aliphatic rings. The van der Waals surface area contributed by atoms with Gasteiger partial charge in [0.2, 0.25) is 0 Å². The van der Waals surface area contributed by atoms with Crippen LogP contribution in [0, 0.1) is 6.92 Å². The summed E-state index contributed by atoms with van der Waals surface area (Å²) >= 11 is 0. The highest BCUT2D eigenvalue weighted by Gasteiger charge is 2.16. The maximum absolute atomic E-state index is 5.97. The smallest absolute Gasteiger partial charge is 0.134 e. The third-order valence-corrected chi connectivity index (χ3v) is 3.35. The van der Waals surface area contributed by atoms with Crippen molar-refractivity contribution in [3.8, 4) is 5.75 Å². The van der Waals surface area contributed by atoms with Crippen LogP contribution in [0.25, 0.3) is 11.0 Å². The van der Waals surface area contributed by atoms with E-state index in [1.54, 1.807) is 0 Å². The predicted molar refractivity (Wildman–Crippen MR) is 78.8 cm³/mol. The Hall–Kier alpha value is -1.48. The highest BCUT2D eigenvalue weighted by atomic mass is 16.5. The highest BCUT2D eigenvalue weighted by Crippen LogP contribution is 2.31. The molecular formula is C16H23NO2. The Morgan fingerprint density at radius 1 is 1.32 bits per heavy atom. The van der Waals surface area contributed by atoms with Crippen LogP contribution < -0.4 is 10.1 Å². The van der Waals surface area contributed by atoms with E-state index < -0.39 is 0 Å². The first kappa shape index (κ1) is 13.9. The lowest BCUT2D eigenvalue weighted by molar-refractivity contribution is 0.340. The molecule has 0 bridgehead atoms. The molecule has 1 aromatic carbocycles. The van der Waals surface area contributed by atoms with Crippen molar-refractivity contribution in [3.63, 3.8) is 0 Å². The van der Waals surface area contributed by atoms with Gasteiger partial charge in [0, 0.05) is 10.9 Å². The average molecular weight is 261 g/mol.